The van der Waals surface area contributed by atoms with Crippen molar-refractivity contribution in [3.8, 4) is 0 Å². The Bertz CT molecular complexity index is 672. The summed E-state index contributed by atoms with van der Waals surface area (Å²) in [5, 5.41) is 28.3. The van der Waals surface area contributed by atoms with Crippen molar-refractivity contribution in [3.05, 3.63) is 47.5 Å². The molecule has 0 aliphatic carbocycles. The minimum absolute atomic E-state index is 0.0595. The average Bonchev–Trinajstić information content (AvgIpc) is 2.65. The second kappa shape index (κ2) is 14.1. The van der Waals surface area contributed by atoms with Crippen molar-refractivity contribution in [2.45, 2.75) is 25.4 Å². The maximum Gasteiger partial charge on any atom is 0.416 e. The minimum atomic E-state index is -4.36. The van der Waals surface area contributed by atoms with Crippen molar-refractivity contribution in [2.75, 3.05) is 19.8 Å². The number of oxime groups is 1. The summed E-state index contributed by atoms with van der Waals surface area (Å²) in [6.07, 6.45) is -1.47. The van der Waals surface area contributed by atoms with Gasteiger partial charge in [0.25, 0.3) is 0 Å². The molecular formula is C18H23F3N2O6. The molecule has 0 radical (unpaired) electrons. The number of carboxylic acids is 2. The molecule has 0 atom stereocenters. The van der Waals surface area contributed by atoms with E-state index in [1.165, 1.54) is 12.1 Å². The van der Waals surface area contributed by atoms with Gasteiger partial charge >= 0.3 is 18.1 Å². The molecule has 0 saturated heterocycles. The van der Waals surface area contributed by atoms with Gasteiger partial charge in [-0.2, -0.15) is 13.2 Å². The van der Waals surface area contributed by atoms with Gasteiger partial charge in [0.2, 0.25) is 0 Å². The van der Waals surface area contributed by atoms with Gasteiger partial charge < -0.3 is 25.9 Å². The Morgan fingerprint density at radius 3 is 2.03 bits per heavy atom. The second-order valence-electron chi connectivity index (χ2n) is 5.43. The van der Waals surface area contributed by atoms with Crippen molar-refractivity contribution in [2.24, 2.45) is 10.9 Å². The van der Waals surface area contributed by atoms with Crippen LogP contribution >= 0.6 is 0 Å². The van der Waals surface area contributed by atoms with Gasteiger partial charge in [-0.05, 0) is 37.0 Å². The number of aliphatic hydroxyl groups is 1. The van der Waals surface area contributed by atoms with Gasteiger partial charge in [-0.1, -0.05) is 17.3 Å². The predicted octanol–water partition coefficient (Wildman–Crippen LogP) is 2.26. The number of hydrogen-bond donors (Lipinski definition) is 4. The molecule has 0 aromatic heterocycles. The quantitative estimate of drug-likeness (QED) is 0.197. The van der Waals surface area contributed by atoms with Crippen LogP contribution in [0.3, 0.4) is 0 Å². The maximum absolute atomic E-state index is 12.5. The SMILES string of the molecule is NCCO/N=C(\CCCCO)c1ccc(C(F)(F)F)cc1.O=C(O)/C=C\C(=O)O. The Morgan fingerprint density at radius 2 is 1.62 bits per heavy atom. The number of benzene rings is 1. The summed E-state index contributed by atoms with van der Waals surface area (Å²) in [7, 11) is 0. The second-order valence-corrected chi connectivity index (χ2v) is 5.43. The Balaban J connectivity index is 0.000000828. The van der Waals surface area contributed by atoms with Crippen LogP contribution < -0.4 is 5.73 Å². The Labute approximate surface area is 165 Å². The molecule has 0 aliphatic rings. The lowest BCUT2D eigenvalue weighted by Crippen LogP contribution is -2.09. The lowest BCUT2D eigenvalue weighted by atomic mass is 10.0. The first-order chi connectivity index (χ1) is 13.6. The van der Waals surface area contributed by atoms with Crippen LogP contribution in [0.2, 0.25) is 0 Å². The van der Waals surface area contributed by atoms with E-state index in [9.17, 15) is 22.8 Å². The first kappa shape index (κ1) is 26.1. The topological polar surface area (TPSA) is 142 Å². The highest BCUT2D eigenvalue weighted by atomic mass is 19.4. The van der Waals surface area contributed by atoms with Crippen LogP contribution in [0.5, 0.6) is 0 Å². The van der Waals surface area contributed by atoms with E-state index < -0.39 is 23.7 Å². The summed E-state index contributed by atoms with van der Waals surface area (Å²) in [5.41, 5.74) is 5.70. The number of unbranched alkanes of at least 4 members (excludes halogenated alkanes) is 1. The predicted molar refractivity (Wildman–Crippen MR) is 98.3 cm³/mol. The zero-order valence-electron chi connectivity index (χ0n) is 15.4. The number of alkyl halides is 3. The summed E-state index contributed by atoms with van der Waals surface area (Å²) in [6.45, 7) is 0.606. The van der Waals surface area contributed by atoms with Crippen molar-refractivity contribution in [1.82, 2.24) is 0 Å². The molecule has 0 saturated carbocycles. The standard InChI is InChI=1S/C14H19F3N2O2.C4H4O4/c15-14(16,17)12-6-4-11(5-7-12)13(3-1-2-9-20)19-21-10-8-18;5-3(6)1-2-4(7)8/h4-7,20H,1-3,8-10,18H2;1-2H,(H,5,6)(H,7,8)/b19-13+;2-1-. The fourth-order valence-electron chi connectivity index (χ4n) is 1.82. The summed E-state index contributed by atoms with van der Waals surface area (Å²) < 4.78 is 37.6. The highest BCUT2D eigenvalue weighted by Crippen LogP contribution is 2.29. The number of rotatable bonds is 10. The smallest absolute Gasteiger partial charge is 0.416 e. The van der Waals surface area contributed by atoms with E-state index in [1.54, 1.807) is 0 Å². The third-order valence-electron chi connectivity index (χ3n) is 3.12. The van der Waals surface area contributed by atoms with Crippen molar-refractivity contribution < 1.29 is 42.9 Å². The highest BCUT2D eigenvalue weighted by Gasteiger charge is 2.30. The molecule has 0 fully saturated rings. The molecule has 1 aromatic rings. The van der Waals surface area contributed by atoms with Crippen molar-refractivity contribution in [1.29, 1.82) is 0 Å². The van der Waals surface area contributed by atoms with Crippen LogP contribution in [-0.2, 0) is 20.6 Å². The number of nitrogens with two attached hydrogens (primary N) is 1. The number of carboxylic acid groups (broad SMARTS) is 2. The zero-order chi connectivity index (χ0) is 22.3. The monoisotopic (exact) mass is 420 g/mol. The average molecular weight is 420 g/mol. The number of carbonyl (C=O) groups is 2. The molecule has 0 spiro atoms. The van der Waals surface area contributed by atoms with Crippen LogP contribution in [0.15, 0.2) is 41.6 Å². The first-order valence-electron chi connectivity index (χ1n) is 8.43. The first-order valence-corrected chi connectivity index (χ1v) is 8.43. The normalized spacial score (nSPS) is 11.7. The number of aliphatic carboxylic acids is 2. The van der Waals surface area contributed by atoms with Crippen LogP contribution in [-0.4, -0.2) is 52.7 Å². The number of halogens is 3. The van der Waals surface area contributed by atoms with E-state index >= 15 is 0 Å². The molecule has 0 heterocycles. The van der Waals surface area contributed by atoms with E-state index in [4.69, 9.17) is 25.9 Å². The molecule has 29 heavy (non-hydrogen) atoms. The van der Waals surface area contributed by atoms with E-state index in [0.717, 1.165) is 12.1 Å². The van der Waals surface area contributed by atoms with Crippen LogP contribution in [0.1, 0.15) is 30.4 Å². The van der Waals surface area contributed by atoms with Crippen molar-refractivity contribution >= 4 is 17.7 Å². The van der Waals surface area contributed by atoms with E-state index in [2.05, 4.69) is 5.16 Å². The van der Waals surface area contributed by atoms with Gasteiger partial charge in [-0.3, -0.25) is 0 Å². The van der Waals surface area contributed by atoms with Gasteiger partial charge in [-0.25, -0.2) is 9.59 Å². The lowest BCUT2D eigenvalue weighted by molar-refractivity contribution is -0.137. The largest absolute Gasteiger partial charge is 0.478 e. The third kappa shape index (κ3) is 13.0. The zero-order valence-corrected chi connectivity index (χ0v) is 15.4. The molecule has 1 rings (SSSR count). The Kier molecular flexibility index (Phi) is 12.7. The molecule has 162 valence electrons. The summed E-state index contributed by atoms with van der Waals surface area (Å²) in [5.74, 6) is -2.51. The highest BCUT2D eigenvalue weighted by molar-refractivity contribution is 6.00. The maximum atomic E-state index is 12.5. The lowest BCUT2D eigenvalue weighted by Gasteiger charge is -2.09. The Hall–Kier alpha value is -2.92. The molecule has 0 bridgehead atoms. The van der Waals surface area contributed by atoms with Gasteiger partial charge in [0.1, 0.15) is 6.61 Å². The number of aliphatic hydroxyl groups excluding tert-OH is 1. The molecule has 1 aromatic carbocycles. The van der Waals surface area contributed by atoms with E-state index in [0.29, 0.717) is 49.2 Å². The van der Waals surface area contributed by atoms with Gasteiger partial charge in [0, 0.05) is 25.3 Å². The minimum Gasteiger partial charge on any atom is -0.478 e. The van der Waals surface area contributed by atoms with Gasteiger partial charge in [0.05, 0.1) is 11.3 Å². The summed E-state index contributed by atoms with van der Waals surface area (Å²) in [6, 6.07) is 4.76. The molecular weight excluding hydrogens is 397 g/mol. The Morgan fingerprint density at radius 1 is 1.07 bits per heavy atom. The van der Waals surface area contributed by atoms with E-state index in [1.807, 2.05) is 0 Å². The summed E-state index contributed by atoms with van der Waals surface area (Å²) >= 11 is 0. The molecule has 11 heteroatoms. The van der Waals surface area contributed by atoms with Crippen molar-refractivity contribution in [3.63, 3.8) is 0 Å². The molecule has 5 N–H and O–H groups in total. The fourth-order valence-corrected chi connectivity index (χ4v) is 1.82. The fraction of sp³-hybridized carbons (Fsp3) is 0.389. The van der Waals surface area contributed by atoms with Crippen LogP contribution in [0.25, 0.3) is 0 Å². The summed E-state index contributed by atoms with van der Waals surface area (Å²) in [4.78, 5) is 24.1. The molecule has 0 aliphatic heterocycles. The molecule has 0 unspecified atom stereocenters. The third-order valence-corrected chi connectivity index (χ3v) is 3.12. The van der Waals surface area contributed by atoms with Gasteiger partial charge in [-0.15, -0.1) is 0 Å². The number of nitrogens with zero attached hydrogens (tertiary/aromatic N) is 1. The van der Waals surface area contributed by atoms with Crippen LogP contribution in [0.4, 0.5) is 13.2 Å². The number of hydrogen-bond acceptors (Lipinski definition) is 6. The molecule has 0 amide bonds. The van der Waals surface area contributed by atoms with E-state index in [-0.39, 0.29) is 13.2 Å². The van der Waals surface area contributed by atoms with Gasteiger partial charge in [0.15, 0.2) is 0 Å². The molecule has 8 nitrogen and oxygen atoms in total. The van der Waals surface area contributed by atoms with Crippen LogP contribution in [0, 0.1) is 0 Å².